The maximum absolute atomic E-state index is 13.2. The van der Waals surface area contributed by atoms with E-state index in [-0.39, 0.29) is 18.3 Å². The van der Waals surface area contributed by atoms with Crippen LogP contribution in [0.1, 0.15) is 11.3 Å². The highest BCUT2D eigenvalue weighted by atomic mass is 79.9. The largest absolute Gasteiger partial charge is 0.348 e. The maximum atomic E-state index is 13.2. The number of aromatic nitrogens is 2. The van der Waals surface area contributed by atoms with Gasteiger partial charge in [0.1, 0.15) is 5.82 Å². The van der Waals surface area contributed by atoms with Crippen LogP contribution in [0.25, 0.3) is 17.1 Å². The second-order valence-corrected chi connectivity index (χ2v) is 5.92. The molecular formula is C18H13BrFN3O. The van der Waals surface area contributed by atoms with Crippen molar-refractivity contribution in [2.24, 2.45) is 0 Å². The van der Waals surface area contributed by atoms with Crippen LogP contribution in [0.4, 0.5) is 4.39 Å². The predicted octanol–water partition coefficient (Wildman–Crippen LogP) is 3.86. The third-order valence-corrected chi connectivity index (χ3v) is 4.11. The minimum atomic E-state index is -0.343. The Balaban J connectivity index is 1.65. The zero-order chi connectivity index (χ0) is 16.9. The summed E-state index contributed by atoms with van der Waals surface area (Å²) in [6.45, 7) is 0.227. The standard InChI is InChI=1S/C18H13BrFN3O/c19-15-7-5-13(20)9-12(15)10-22-18(24)8-6-14-11-21-16-3-1-2-4-17(16)23-14/h1-9,11H,10H2,(H,22,24)/b8-6+. The Kier molecular flexibility index (Phi) is 4.96. The lowest BCUT2D eigenvalue weighted by atomic mass is 10.2. The average molecular weight is 386 g/mol. The van der Waals surface area contributed by atoms with Crippen molar-refractivity contribution in [3.8, 4) is 0 Å². The van der Waals surface area contributed by atoms with Crippen LogP contribution in [0.2, 0.25) is 0 Å². The lowest BCUT2D eigenvalue weighted by Gasteiger charge is -2.05. The van der Waals surface area contributed by atoms with Gasteiger partial charge in [0.25, 0.3) is 0 Å². The number of carbonyl (C=O) groups is 1. The molecule has 0 saturated carbocycles. The second-order valence-electron chi connectivity index (χ2n) is 5.07. The molecule has 0 bridgehead atoms. The Bertz CT molecular complexity index is 927. The number of para-hydroxylation sites is 2. The van der Waals surface area contributed by atoms with Gasteiger partial charge in [-0.05, 0) is 42.0 Å². The quantitative estimate of drug-likeness (QED) is 0.693. The number of hydrogen-bond acceptors (Lipinski definition) is 3. The molecule has 6 heteroatoms. The number of carbonyl (C=O) groups excluding carboxylic acids is 1. The van der Waals surface area contributed by atoms with Gasteiger partial charge >= 0.3 is 0 Å². The summed E-state index contributed by atoms with van der Waals surface area (Å²) in [5.74, 6) is -0.634. The highest BCUT2D eigenvalue weighted by Crippen LogP contribution is 2.17. The summed E-state index contributed by atoms with van der Waals surface area (Å²) >= 11 is 3.32. The van der Waals surface area contributed by atoms with Crippen molar-refractivity contribution in [3.63, 3.8) is 0 Å². The molecule has 3 aromatic rings. The van der Waals surface area contributed by atoms with E-state index in [0.29, 0.717) is 11.3 Å². The van der Waals surface area contributed by atoms with E-state index in [1.807, 2.05) is 24.3 Å². The summed E-state index contributed by atoms with van der Waals surface area (Å²) in [5, 5.41) is 2.70. The van der Waals surface area contributed by atoms with E-state index in [1.165, 1.54) is 18.2 Å². The molecule has 2 aromatic carbocycles. The average Bonchev–Trinajstić information content (AvgIpc) is 2.60. The molecule has 0 atom stereocenters. The molecule has 1 amide bonds. The fourth-order valence-electron chi connectivity index (χ4n) is 2.13. The van der Waals surface area contributed by atoms with Gasteiger partial charge in [-0.1, -0.05) is 28.1 Å². The van der Waals surface area contributed by atoms with Gasteiger partial charge in [-0.25, -0.2) is 9.37 Å². The predicted molar refractivity (Wildman–Crippen MR) is 94.5 cm³/mol. The van der Waals surface area contributed by atoms with E-state index in [2.05, 4.69) is 31.2 Å². The minimum Gasteiger partial charge on any atom is -0.348 e. The maximum Gasteiger partial charge on any atom is 0.244 e. The fraction of sp³-hybridized carbons (Fsp3) is 0.0556. The first-order valence-electron chi connectivity index (χ1n) is 7.23. The summed E-state index contributed by atoms with van der Waals surface area (Å²) in [5.41, 5.74) is 2.83. The SMILES string of the molecule is O=C(/C=C/c1cnc2ccccc2n1)NCc1cc(F)ccc1Br. The molecule has 3 rings (SSSR count). The van der Waals surface area contributed by atoms with Crippen molar-refractivity contribution in [3.05, 3.63) is 76.3 Å². The van der Waals surface area contributed by atoms with Crippen LogP contribution in [-0.2, 0) is 11.3 Å². The van der Waals surface area contributed by atoms with Crippen LogP contribution in [0.3, 0.4) is 0 Å². The van der Waals surface area contributed by atoms with Gasteiger partial charge in [0, 0.05) is 17.1 Å². The topological polar surface area (TPSA) is 54.9 Å². The van der Waals surface area contributed by atoms with Crippen LogP contribution in [0, 0.1) is 5.82 Å². The molecule has 0 aliphatic carbocycles. The Morgan fingerprint density at radius 1 is 1.21 bits per heavy atom. The van der Waals surface area contributed by atoms with E-state index >= 15 is 0 Å². The Hall–Kier alpha value is -2.60. The number of fused-ring (bicyclic) bond motifs is 1. The second kappa shape index (κ2) is 7.31. The van der Waals surface area contributed by atoms with Gasteiger partial charge < -0.3 is 5.32 Å². The number of halogens is 2. The van der Waals surface area contributed by atoms with Crippen LogP contribution in [0.15, 0.2) is 59.2 Å². The summed E-state index contributed by atoms with van der Waals surface area (Å²) in [7, 11) is 0. The van der Waals surface area contributed by atoms with Crippen molar-refractivity contribution in [2.75, 3.05) is 0 Å². The number of rotatable bonds is 4. The van der Waals surface area contributed by atoms with Crippen LogP contribution >= 0.6 is 15.9 Å². The third-order valence-electron chi connectivity index (χ3n) is 3.33. The van der Waals surface area contributed by atoms with E-state index in [4.69, 9.17) is 0 Å². The molecule has 0 aliphatic rings. The number of benzene rings is 2. The number of hydrogen-bond donors (Lipinski definition) is 1. The summed E-state index contributed by atoms with van der Waals surface area (Å²) in [4.78, 5) is 20.6. The molecule has 1 heterocycles. The number of amides is 1. The molecule has 0 radical (unpaired) electrons. The molecule has 0 saturated heterocycles. The van der Waals surface area contributed by atoms with Gasteiger partial charge in [-0.2, -0.15) is 0 Å². The molecule has 24 heavy (non-hydrogen) atoms. The van der Waals surface area contributed by atoms with Crippen molar-refractivity contribution in [1.29, 1.82) is 0 Å². The lowest BCUT2D eigenvalue weighted by molar-refractivity contribution is -0.116. The normalized spacial score (nSPS) is 11.1. The van der Waals surface area contributed by atoms with Gasteiger partial charge in [-0.3, -0.25) is 9.78 Å². The molecule has 0 fully saturated rings. The Morgan fingerprint density at radius 3 is 2.83 bits per heavy atom. The van der Waals surface area contributed by atoms with E-state index in [9.17, 15) is 9.18 Å². The van der Waals surface area contributed by atoms with E-state index in [1.54, 1.807) is 18.3 Å². The first-order chi connectivity index (χ1) is 11.6. The highest BCUT2D eigenvalue weighted by Gasteiger charge is 2.03. The van der Waals surface area contributed by atoms with Crippen molar-refractivity contribution >= 4 is 38.9 Å². The van der Waals surface area contributed by atoms with Gasteiger partial charge in [-0.15, -0.1) is 0 Å². The molecule has 1 aromatic heterocycles. The highest BCUT2D eigenvalue weighted by molar-refractivity contribution is 9.10. The van der Waals surface area contributed by atoms with Crippen molar-refractivity contribution in [2.45, 2.75) is 6.54 Å². The fourth-order valence-corrected chi connectivity index (χ4v) is 2.52. The van der Waals surface area contributed by atoms with Crippen LogP contribution in [0.5, 0.6) is 0 Å². The third kappa shape index (κ3) is 4.02. The van der Waals surface area contributed by atoms with E-state index in [0.717, 1.165) is 15.5 Å². The first kappa shape index (κ1) is 16.3. The minimum absolute atomic E-state index is 0.227. The van der Waals surface area contributed by atoms with Gasteiger partial charge in [0.15, 0.2) is 0 Å². The van der Waals surface area contributed by atoms with Crippen molar-refractivity contribution < 1.29 is 9.18 Å². The Labute approximate surface area is 146 Å². The van der Waals surface area contributed by atoms with Crippen LogP contribution < -0.4 is 5.32 Å². The van der Waals surface area contributed by atoms with Gasteiger partial charge in [0.05, 0.1) is 22.9 Å². The number of nitrogens with one attached hydrogen (secondary N) is 1. The smallest absolute Gasteiger partial charge is 0.244 e. The first-order valence-corrected chi connectivity index (χ1v) is 8.03. The molecule has 0 aliphatic heterocycles. The Morgan fingerprint density at radius 2 is 2.00 bits per heavy atom. The van der Waals surface area contributed by atoms with Gasteiger partial charge in [0.2, 0.25) is 5.91 Å². The molecule has 0 spiro atoms. The summed E-state index contributed by atoms with van der Waals surface area (Å²) in [6, 6.07) is 11.9. The summed E-state index contributed by atoms with van der Waals surface area (Å²) in [6.07, 6.45) is 4.58. The number of nitrogens with zero attached hydrogens (tertiary/aromatic N) is 2. The molecule has 120 valence electrons. The zero-order valence-corrected chi connectivity index (χ0v) is 14.1. The lowest BCUT2D eigenvalue weighted by Crippen LogP contribution is -2.20. The monoisotopic (exact) mass is 385 g/mol. The molecule has 1 N–H and O–H groups in total. The molecular weight excluding hydrogens is 373 g/mol. The van der Waals surface area contributed by atoms with Crippen LogP contribution in [-0.4, -0.2) is 15.9 Å². The van der Waals surface area contributed by atoms with Crippen molar-refractivity contribution in [1.82, 2.24) is 15.3 Å². The van der Waals surface area contributed by atoms with E-state index < -0.39 is 0 Å². The molecule has 4 nitrogen and oxygen atoms in total. The molecule has 0 unspecified atom stereocenters. The summed E-state index contributed by atoms with van der Waals surface area (Å²) < 4.78 is 14.0. The zero-order valence-electron chi connectivity index (χ0n) is 12.5.